The summed E-state index contributed by atoms with van der Waals surface area (Å²) in [5.74, 6) is 0. The molecule has 2 aromatic rings. The Morgan fingerprint density at radius 3 is 2.10 bits per heavy atom. The van der Waals surface area contributed by atoms with Gasteiger partial charge < -0.3 is 4.90 Å². The Kier molecular flexibility index (Phi) is 3.62. The van der Waals surface area contributed by atoms with Crippen LogP contribution in [0.4, 0.5) is 18.9 Å². The van der Waals surface area contributed by atoms with E-state index in [1.807, 2.05) is 35.2 Å². The van der Waals surface area contributed by atoms with Gasteiger partial charge >= 0.3 is 6.18 Å². The van der Waals surface area contributed by atoms with Gasteiger partial charge in [-0.2, -0.15) is 13.2 Å². The topological polar surface area (TPSA) is 3.24 Å². The number of anilines is 1. The van der Waals surface area contributed by atoms with Crippen molar-refractivity contribution in [2.75, 3.05) is 18.0 Å². The molecule has 0 saturated carbocycles. The Morgan fingerprint density at radius 2 is 1.48 bits per heavy atom. The van der Waals surface area contributed by atoms with Gasteiger partial charge in [-0.15, -0.1) is 0 Å². The van der Waals surface area contributed by atoms with Crippen LogP contribution in [0, 0.1) is 0 Å². The van der Waals surface area contributed by atoms with Crippen LogP contribution in [0.15, 0.2) is 48.5 Å². The minimum Gasteiger partial charge on any atom is -0.371 e. The summed E-state index contributed by atoms with van der Waals surface area (Å²) in [6.07, 6.45) is -2.44. The lowest BCUT2D eigenvalue weighted by Crippen LogP contribution is -2.23. The van der Waals surface area contributed by atoms with Gasteiger partial charge in [-0.05, 0) is 24.5 Å². The molecule has 4 heteroatoms. The number of hydrogen-bond donors (Lipinski definition) is 0. The molecule has 3 rings (SSSR count). The summed E-state index contributed by atoms with van der Waals surface area (Å²) in [4.78, 5) is 1.87. The van der Waals surface area contributed by atoms with Gasteiger partial charge in [-0.3, -0.25) is 0 Å². The Morgan fingerprint density at radius 1 is 0.810 bits per heavy atom. The van der Waals surface area contributed by atoms with Crippen LogP contribution in [0.3, 0.4) is 0 Å². The van der Waals surface area contributed by atoms with Gasteiger partial charge in [0.1, 0.15) is 0 Å². The number of rotatable bonds is 2. The van der Waals surface area contributed by atoms with Gasteiger partial charge in [0.25, 0.3) is 0 Å². The number of alkyl halides is 3. The number of para-hydroxylation sites is 1. The minimum absolute atomic E-state index is 0.328. The number of benzene rings is 2. The number of nitrogens with zero attached hydrogens (tertiary/aromatic N) is 1. The third-order valence-electron chi connectivity index (χ3n) is 3.85. The SMILES string of the molecule is FC(F)(F)c1cccc(-c2ccccc2)c1N1CCCC1. The predicted molar refractivity (Wildman–Crippen MR) is 78.3 cm³/mol. The molecule has 21 heavy (non-hydrogen) atoms. The van der Waals surface area contributed by atoms with E-state index in [2.05, 4.69) is 0 Å². The molecule has 0 spiro atoms. The molecule has 1 saturated heterocycles. The van der Waals surface area contributed by atoms with Crippen molar-refractivity contribution in [1.29, 1.82) is 0 Å². The fourth-order valence-electron chi connectivity index (χ4n) is 2.90. The second-order valence-corrected chi connectivity index (χ2v) is 5.26. The molecule has 0 radical (unpaired) electrons. The Hall–Kier alpha value is -1.97. The minimum atomic E-state index is -4.33. The largest absolute Gasteiger partial charge is 0.418 e. The maximum Gasteiger partial charge on any atom is 0.418 e. The number of hydrogen-bond acceptors (Lipinski definition) is 1. The fraction of sp³-hybridized carbons (Fsp3) is 0.294. The van der Waals surface area contributed by atoms with Gasteiger partial charge in [-0.1, -0.05) is 42.5 Å². The van der Waals surface area contributed by atoms with Gasteiger partial charge in [0.05, 0.1) is 11.3 Å². The molecule has 0 aliphatic carbocycles. The summed E-state index contributed by atoms with van der Waals surface area (Å²) in [7, 11) is 0. The van der Waals surface area contributed by atoms with Crippen molar-refractivity contribution in [3.05, 3.63) is 54.1 Å². The van der Waals surface area contributed by atoms with Crippen molar-refractivity contribution in [1.82, 2.24) is 0 Å². The zero-order valence-corrected chi connectivity index (χ0v) is 11.5. The first-order chi connectivity index (χ1) is 10.1. The van der Waals surface area contributed by atoms with Crippen LogP contribution in [0.25, 0.3) is 11.1 Å². The molecule has 1 aliphatic rings. The molecule has 1 nitrogen and oxygen atoms in total. The highest BCUT2D eigenvalue weighted by atomic mass is 19.4. The summed E-state index contributed by atoms with van der Waals surface area (Å²) < 4.78 is 40.1. The van der Waals surface area contributed by atoms with Gasteiger partial charge in [-0.25, -0.2) is 0 Å². The van der Waals surface area contributed by atoms with Crippen molar-refractivity contribution in [2.45, 2.75) is 19.0 Å². The molecule has 1 aliphatic heterocycles. The quantitative estimate of drug-likeness (QED) is 0.755. The summed E-state index contributed by atoms with van der Waals surface area (Å²) in [6, 6.07) is 13.7. The van der Waals surface area contributed by atoms with E-state index >= 15 is 0 Å². The van der Waals surface area contributed by atoms with E-state index in [9.17, 15) is 13.2 Å². The monoisotopic (exact) mass is 291 g/mol. The van der Waals surface area contributed by atoms with E-state index in [-0.39, 0.29) is 0 Å². The molecular weight excluding hydrogens is 275 g/mol. The van der Waals surface area contributed by atoms with Crippen LogP contribution >= 0.6 is 0 Å². The summed E-state index contributed by atoms with van der Waals surface area (Å²) >= 11 is 0. The normalized spacial score (nSPS) is 15.5. The summed E-state index contributed by atoms with van der Waals surface area (Å²) in [5, 5.41) is 0. The van der Waals surface area contributed by atoms with E-state index < -0.39 is 11.7 Å². The van der Waals surface area contributed by atoms with Gasteiger partial charge in [0.2, 0.25) is 0 Å². The smallest absolute Gasteiger partial charge is 0.371 e. The first kappa shape index (κ1) is 14.0. The average molecular weight is 291 g/mol. The molecule has 1 heterocycles. The third kappa shape index (κ3) is 2.75. The highest BCUT2D eigenvalue weighted by Crippen LogP contribution is 2.43. The highest BCUT2D eigenvalue weighted by molar-refractivity contribution is 5.81. The van der Waals surface area contributed by atoms with Crippen molar-refractivity contribution in [2.24, 2.45) is 0 Å². The zero-order chi connectivity index (χ0) is 14.9. The van der Waals surface area contributed by atoms with E-state index in [0.717, 1.165) is 18.4 Å². The van der Waals surface area contributed by atoms with Crippen molar-refractivity contribution in [3.63, 3.8) is 0 Å². The molecular formula is C17H16F3N. The molecule has 2 aromatic carbocycles. The third-order valence-corrected chi connectivity index (χ3v) is 3.85. The predicted octanol–water partition coefficient (Wildman–Crippen LogP) is 4.97. The van der Waals surface area contributed by atoms with Crippen molar-refractivity contribution < 1.29 is 13.2 Å². The zero-order valence-electron chi connectivity index (χ0n) is 11.5. The van der Waals surface area contributed by atoms with E-state index in [0.29, 0.717) is 24.3 Å². The van der Waals surface area contributed by atoms with Crippen molar-refractivity contribution in [3.8, 4) is 11.1 Å². The fourth-order valence-corrected chi connectivity index (χ4v) is 2.90. The lowest BCUT2D eigenvalue weighted by molar-refractivity contribution is -0.137. The van der Waals surface area contributed by atoms with Gasteiger partial charge in [0, 0.05) is 18.7 Å². The molecule has 110 valence electrons. The lowest BCUT2D eigenvalue weighted by atomic mass is 9.99. The average Bonchev–Trinajstić information content (AvgIpc) is 3.00. The highest BCUT2D eigenvalue weighted by Gasteiger charge is 2.36. The molecule has 0 bridgehead atoms. The van der Waals surface area contributed by atoms with Crippen LogP contribution in [0.5, 0.6) is 0 Å². The maximum absolute atomic E-state index is 13.4. The standard InChI is InChI=1S/C17H16F3N/c18-17(19,20)15-10-6-9-14(13-7-2-1-3-8-13)16(15)21-11-4-5-12-21/h1-3,6-10H,4-5,11-12H2. The molecule has 0 N–H and O–H groups in total. The molecule has 1 fully saturated rings. The van der Waals surface area contributed by atoms with Crippen LogP contribution < -0.4 is 4.90 Å². The van der Waals surface area contributed by atoms with Crippen LogP contribution in [-0.4, -0.2) is 13.1 Å². The molecule has 0 atom stereocenters. The first-order valence-electron chi connectivity index (χ1n) is 7.08. The summed E-state index contributed by atoms with van der Waals surface area (Å²) in [6.45, 7) is 1.37. The second-order valence-electron chi connectivity index (χ2n) is 5.26. The number of halogens is 3. The molecule has 0 aromatic heterocycles. The second kappa shape index (κ2) is 5.43. The molecule has 0 unspecified atom stereocenters. The van der Waals surface area contributed by atoms with Crippen LogP contribution in [-0.2, 0) is 6.18 Å². The Bertz CT molecular complexity index is 614. The van der Waals surface area contributed by atoms with E-state index in [1.165, 1.54) is 12.1 Å². The van der Waals surface area contributed by atoms with Crippen molar-refractivity contribution >= 4 is 5.69 Å². The maximum atomic E-state index is 13.4. The van der Waals surface area contributed by atoms with Crippen LogP contribution in [0.2, 0.25) is 0 Å². The van der Waals surface area contributed by atoms with Crippen LogP contribution in [0.1, 0.15) is 18.4 Å². The van der Waals surface area contributed by atoms with E-state index in [4.69, 9.17) is 0 Å². The van der Waals surface area contributed by atoms with Gasteiger partial charge in [0.15, 0.2) is 0 Å². The van der Waals surface area contributed by atoms with E-state index in [1.54, 1.807) is 6.07 Å². The molecule has 0 amide bonds. The lowest BCUT2D eigenvalue weighted by Gasteiger charge is -2.26. The Balaban J connectivity index is 2.20. The summed E-state index contributed by atoms with van der Waals surface area (Å²) in [5.41, 5.74) is 1.28. The Labute approximate surface area is 122 Å². The first-order valence-corrected chi connectivity index (χ1v) is 7.08.